The molecule has 0 saturated carbocycles. The van der Waals surface area contributed by atoms with Crippen molar-refractivity contribution >= 4 is 17.5 Å². The lowest BCUT2D eigenvalue weighted by molar-refractivity contribution is -0.127. The first-order chi connectivity index (χ1) is 16.0. The summed E-state index contributed by atoms with van der Waals surface area (Å²) in [4.78, 5) is 20.3. The number of amides is 1. The molecule has 1 saturated heterocycles. The quantitative estimate of drug-likeness (QED) is 0.525. The lowest BCUT2D eigenvalue weighted by Crippen LogP contribution is -2.41. The second-order valence-electron chi connectivity index (χ2n) is 8.60. The summed E-state index contributed by atoms with van der Waals surface area (Å²) in [5, 5.41) is 3.95. The van der Waals surface area contributed by atoms with Crippen LogP contribution in [0.2, 0.25) is 5.02 Å². The molecule has 4 rings (SSSR count). The molecule has 6 heteroatoms. The molecule has 1 fully saturated rings. The average molecular weight is 464 g/mol. The normalized spacial score (nSPS) is 15.7. The van der Waals surface area contributed by atoms with Crippen LogP contribution in [0.1, 0.15) is 41.3 Å². The van der Waals surface area contributed by atoms with Crippen LogP contribution in [-0.4, -0.2) is 36.0 Å². The van der Waals surface area contributed by atoms with E-state index in [0.29, 0.717) is 5.02 Å². The van der Waals surface area contributed by atoms with E-state index in [1.54, 1.807) is 13.3 Å². The van der Waals surface area contributed by atoms with Crippen molar-refractivity contribution in [1.82, 2.24) is 15.2 Å². The molecule has 0 bridgehead atoms. The number of pyridine rings is 1. The number of rotatable bonds is 7. The Kier molecular flexibility index (Phi) is 7.63. The molecule has 5 nitrogen and oxygen atoms in total. The standard InChI is InChI=1S/C27H30ClN3O2/c1-19-4-3-15-29-25(19)26(21-7-9-23(28)10-8-21)30-27(32)22-13-16-31(17-14-22)18-20-5-11-24(33-2)12-6-20/h3-12,15,22,26H,13-14,16-18H2,1-2H3,(H,30,32). The summed E-state index contributed by atoms with van der Waals surface area (Å²) >= 11 is 6.09. The van der Waals surface area contributed by atoms with Crippen molar-refractivity contribution in [2.45, 2.75) is 32.4 Å². The Morgan fingerprint density at radius 3 is 2.45 bits per heavy atom. The van der Waals surface area contributed by atoms with Crippen molar-refractivity contribution in [3.8, 4) is 5.75 Å². The van der Waals surface area contributed by atoms with Crippen molar-refractivity contribution in [3.63, 3.8) is 0 Å². The highest BCUT2D eigenvalue weighted by Gasteiger charge is 2.28. The van der Waals surface area contributed by atoms with Crippen LogP contribution >= 0.6 is 11.6 Å². The molecule has 172 valence electrons. The van der Waals surface area contributed by atoms with Crippen LogP contribution < -0.4 is 10.1 Å². The molecule has 1 aliphatic rings. The summed E-state index contributed by atoms with van der Waals surface area (Å²) in [5.74, 6) is 0.951. The Balaban J connectivity index is 1.40. The molecular formula is C27H30ClN3O2. The summed E-state index contributed by atoms with van der Waals surface area (Å²) in [6, 6.07) is 19.4. The van der Waals surface area contributed by atoms with Crippen LogP contribution in [0.25, 0.3) is 0 Å². The Morgan fingerprint density at radius 2 is 1.82 bits per heavy atom. The van der Waals surface area contributed by atoms with Crippen LogP contribution in [-0.2, 0) is 11.3 Å². The number of hydrogen-bond donors (Lipinski definition) is 1. The minimum absolute atomic E-state index is 0.00376. The van der Waals surface area contributed by atoms with Gasteiger partial charge in [0, 0.05) is 23.7 Å². The largest absolute Gasteiger partial charge is 0.497 e. The van der Waals surface area contributed by atoms with Crippen LogP contribution in [0.4, 0.5) is 0 Å². The molecule has 1 amide bonds. The van der Waals surface area contributed by atoms with E-state index in [1.807, 2.05) is 55.5 Å². The van der Waals surface area contributed by atoms with Gasteiger partial charge in [0.25, 0.3) is 0 Å². The van der Waals surface area contributed by atoms with Crippen LogP contribution in [0.3, 0.4) is 0 Å². The fourth-order valence-corrected chi connectivity index (χ4v) is 4.49. The fraction of sp³-hybridized carbons (Fsp3) is 0.333. The molecule has 0 aliphatic carbocycles. The Morgan fingerprint density at radius 1 is 1.12 bits per heavy atom. The van der Waals surface area contributed by atoms with E-state index in [-0.39, 0.29) is 17.9 Å². The Bertz CT molecular complexity index is 1060. The van der Waals surface area contributed by atoms with Gasteiger partial charge in [0.2, 0.25) is 5.91 Å². The second kappa shape index (κ2) is 10.8. The van der Waals surface area contributed by atoms with Crippen LogP contribution in [0.5, 0.6) is 5.75 Å². The maximum absolute atomic E-state index is 13.3. The predicted molar refractivity (Wildman–Crippen MR) is 131 cm³/mol. The number of carbonyl (C=O) groups excluding carboxylic acids is 1. The summed E-state index contributed by atoms with van der Waals surface area (Å²) in [6.45, 7) is 4.71. The number of halogens is 1. The Labute approximate surface area is 200 Å². The number of ether oxygens (including phenoxy) is 1. The summed E-state index contributed by atoms with van der Waals surface area (Å²) < 4.78 is 5.24. The van der Waals surface area contributed by atoms with Crippen molar-refractivity contribution in [1.29, 1.82) is 0 Å². The zero-order valence-corrected chi connectivity index (χ0v) is 19.9. The number of piperidine rings is 1. The van der Waals surface area contributed by atoms with Gasteiger partial charge >= 0.3 is 0 Å². The monoisotopic (exact) mass is 463 g/mol. The number of aromatic nitrogens is 1. The molecule has 1 aromatic heterocycles. The number of nitrogens with zero attached hydrogens (tertiary/aromatic N) is 2. The SMILES string of the molecule is COc1ccc(CN2CCC(C(=O)NC(c3ccc(Cl)cc3)c3ncccc3C)CC2)cc1. The molecule has 3 aromatic rings. The predicted octanol–water partition coefficient (Wildman–Crippen LogP) is 5.17. The zero-order chi connectivity index (χ0) is 23.2. The third kappa shape index (κ3) is 5.92. The van der Waals surface area contributed by atoms with Crippen molar-refractivity contribution in [2.75, 3.05) is 20.2 Å². The van der Waals surface area contributed by atoms with Crippen LogP contribution in [0, 0.1) is 12.8 Å². The number of nitrogens with one attached hydrogen (secondary N) is 1. The third-order valence-electron chi connectivity index (χ3n) is 6.34. The number of benzene rings is 2. The van der Waals surface area contributed by atoms with Gasteiger partial charge in [-0.25, -0.2) is 0 Å². The molecule has 2 heterocycles. The first kappa shape index (κ1) is 23.3. The van der Waals surface area contributed by atoms with Gasteiger partial charge in [-0.05, 0) is 79.9 Å². The minimum atomic E-state index is -0.298. The van der Waals surface area contributed by atoms with Crippen molar-refractivity contribution < 1.29 is 9.53 Å². The van der Waals surface area contributed by atoms with E-state index in [1.165, 1.54) is 5.56 Å². The number of aryl methyl sites for hydroxylation is 1. The van der Waals surface area contributed by atoms with E-state index in [9.17, 15) is 4.79 Å². The van der Waals surface area contributed by atoms with Crippen molar-refractivity contribution in [2.24, 2.45) is 5.92 Å². The maximum atomic E-state index is 13.3. The number of carbonyl (C=O) groups is 1. The molecular weight excluding hydrogens is 434 g/mol. The van der Waals surface area contributed by atoms with E-state index >= 15 is 0 Å². The van der Waals surface area contributed by atoms with E-state index in [2.05, 4.69) is 27.3 Å². The molecule has 0 spiro atoms. The minimum Gasteiger partial charge on any atom is -0.497 e. The van der Waals surface area contributed by atoms with Crippen LogP contribution in [0.15, 0.2) is 66.9 Å². The summed E-state index contributed by atoms with van der Waals surface area (Å²) in [6.07, 6.45) is 3.46. The maximum Gasteiger partial charge on any atom is 0.224 e. The molecule has 1 aliphatic heterocycles. The molecule has 2 aromatic carbocycles. The molecule has 1 N–H and O–H groups in total. The highest BCUT2D eigenvalue weighted by Crippen LogP contribution is 2.27. The third-order valence-corrected chi connectivity index (χ3v) is 6.59. The highest BCUT2D eigenvalue weighted by atomic mass is 35.5. The van der Waals surface area contributed by atoms with Gasteiger partial charge in [0.1, 0.15) is 5.75 Å². The van der Waals surface area contributed by atoms with Gasteiger partial charge < -0.3 is 10.1 Å². The topological polar surface area (TPSA) is 54.5 Å². The molecule has 0 radical (unpaired) electrons. The average Bonchev–Trinajstić information content (AvgIpc) is 2.84. The molecule has 1 atom stereocenters. The van der Waals surface area contributed by atoms with Gasteiger partial charge in [-0.3, -0.25) is 14.7 Å². The van der Waals surface area contributed by atoms with Gasteiger partial charge in [-0.2, -0.15) is 0 Å². The summed E-state index contributed by atoms with van der Waals surface area (Å²) in [5.41, 5.74) is 4.15. The lowest BCUT2D eigenvalue weighted by atomic mass is 9.93. The van der Waals surface area contributed by atoms with E-state index < -0.39 is 0 Å². The van der Waals surface area contributed by atoms with E-state index in [4.69, 9.17) is 16.3 Å². The fourth-order valence-electron chi connectivity index (χ4n) is 4.37. The second-order valence-corrected chi connectivity index (χ2v) is 9.03. The van der Waals surface area contributed by atoms with Gasteiger partial charge in [-0.15, -0.1) is 0 Å². The Hall–Kier alpha value is -2.89. The first-order valence-corrected chi connectivity index (χ1v) is 11.7. The molecule has 33 heavy (non-hydrogen) atoms. The zero-order valence-electron chi connectivity index (χ0n) is 19.1. The lowest BCUT2D eigenvalue weighted by Gasteiger charge is -2.32. The van der Waals surface area contributed by atoms with Gasteiger partial charge in [0.05, 0.1) is 18.8 Å². The van der Waals surface area contributed by atoms with Crippen molar-refractivity contribution in [3.05, 3.63) is 94.3 Å². The summed E-state index contributed by atoms with van der Waals surface area (Å²) in [7, 11) is 1.68. The first-order valence-electron chi connectivity index (χ1n) is 11.4. The van der Waals surface area contributed by atoms with Gasteiger partial charge in [0.15, 0.2) is 0 Å². The van der Waals surface area contributed by atoms with E-state index in [0.717, 1.165) is 55.0 Å². The smallest absolute Gasteiger partial charge is 0.224 e. The number of hydrogen-bond acceptors (Lipinski definition) is 4. The highest BCUT2D eigenvalue weighted by molar-refractivity contribution is 6.30. The molecule has 1 unspecified atom stereocenters. The number of likely N-dealkylation sites (tertiary alicyclic amines) is 1. The van der Waals surface area contributed by atoms with Gasteiger partial charge in [-0.1, -0.05) is 41.9 Å². The number of methoxy groups -OCH3 is 1.